The van der Waals surface area contributed by atoms with Gasteiger partial charge in [0.15, 0.2) is 0 Å². The number of aromatic carboxylic acids is 1. The van der Waals surface area contributed by atoms with Crippen molar-refractivity contribution in [2.45, 2.75) is 44.1 Å². The van der Waals surface area contributed by atoms with Crippen LogP contribution >= 0.6 is 0 Å². The topological polar surface area (TPSA) is 55.1 Å². The van der Waals surface area contributed by atoms with E-state index in [0.717, 1.165) is 17.8 Å². The highest BCUT2D eigenvalue weighted by molar-refractivity contribution is 5.86. The zero-order valence-electron chi connectivity index (χ0n) is 10.4. The SMILES string of the molecule is O=C(O)c1cnn(C23CC4CC(CC(C4)C2)C3)c1. The molecule has 0 unspecified atom stereocenters. The van der Waals surface area contributed by atoms with Crippen LogP contribution in [0.3, 0.4) is 0 Å². The molecule has 4 aliphatic carbocycles. The number of carbonyl (C=O) groups is 1. The number of rotatable bonds is 2. The summed E-state index contributed by atoms with van der Waals surface area (Å²) in [4.78, 5) is 11.0. The first-order valence-corrected chi connectivity index (χ1v) is 6.93. The first kappa shape index (κ1) is 10.6. The van der Waals surface area contributed by atoms with Crippen molar-refractivity contribution in [1.82, 2.24) is 9.78 Å². The Kier molecular flexibility index (Phi) is 1.98. The Morgan fingerprint density at radius 2 is 1.78 bits per heavy atom. The van der Waals surface area contributed by atoms with Crippen LogP contribution in [0.5, 0.6) is 0 Å². The number of carboxylic acids is 1. The monoisotopic (exact) mass is 246 g/mol. The van der Waals surface area contributed by atoms with E-state index in [-0.39, 0.29) is 5.54 Å². The third-order valence-corrected chi connectivity index (χ3v) is 5.32. The van der Waals surface area contributed by atoms with E-state index in [1.54, 1.807) is 6.20 Å². The van der Waals surface area contributed by atoms with E-state index in [2.05, 4.69) is 5.10 Å². The van der Waals surface area contributed by atoms with Crippen LogP contribution in [0.1, 0.15) is 48.9 Å². The van der Waals surface area contributed by atoms with E-state index in [1.165, 1.54) is 44.7 Å². The largest absolute Gasteiger partial charge is 0.478 e. The minimum Gasteiger partial charge on any atom is -0.478 e. The first-order valence-electron chi connectivity index (χ1n) is 6.93. The van der Waals surface area contributed by atoms with E-state index in [9.17, 15) is 4.79 Å². The molecule has 0 radical (unpaired) electrons. The van der Waals surface area contributed by atoms with Gasteiger partial charge in [-0.1, -0.05) is 0 Å². The average molecular weight is 246 g/mol. The Balaban J connectivity index is 1.72. The van der Waals surface area contributed by atoms with Crippen molar-refractivity contribution in [3.8, 4) is 0 Å². The van der Waals surface area contributed by atoms with Crippen molar-refractivity contribution in [3.63, 3.8) is 0 Å². The normalized spacial score (nSPS) is 41.2. The summed E-state index contributed by atoms with van der Waals surface area (Å²) in [5, 5.41) is 13.4. The molecule has 0 aliphatic heterocycles. The molecule has 0 saturated heterocycles. The second kappa shape index (κ2) is 3.37. The van der Waals surface area contributed by atoms with E-state index in [0.29, 0.717) is 5.56 Å². The number of hydrogen-bond acceptors (Lipinski definition) is 2. The zero-order valence-corrected chi connectivity index (χ0v) is 10.4. The fraction of sp³-hybridized carbons (Fsp3) is 0.714. The molecule has 18 heavy (non-hydrogen) atoms. The molecule has 4 nitrogen and oxygen atoms in total. The molecule has 4 fully saturated rings. The second-order valence-electron chi connectivity index (χ2n) is 6.62. The van der Waals surface area contributed by atoms with Gasteiger partial charge in [-0.2, -0.15) is 5.10 Å². The third kappa shape index (κ3) is 1.38. The second-order valence-corrected chi connectivity index (χ2v) is 6.62. The van der Waals surface area contributed by atoms with Gasteiger partial charge >= 0.3 is 5.97 Å². The minimum absolute atomic E-state index is 0.141. The Morgan fingerprint density at radius 1 is 1.22 bits per heavy atom. The summed E-state index contributed by atoms with van der Waals surface area (Å²) in [6, 6.07) is 0. The predicted octanol–water partition coefficient (Wildman–Crippen LogP) is 2.51. The number of aromatic nitrogens is 2. The molecule has 0 amide bonds. The highest BCUT2D eigenvalue weighted by atomic mass is 16.4. The highest BCUT2D eigenvalue weighted by Crippen LogP contribution is 2.58. The molecule has 1 heterocycles. The minimum atomic E-state index is -0.869. The summed E-state index contributed by atoms with van der Waals surface area (Å²) in [5.74, 6) is 1.70. The Bertz CT molecular complexity index is 470. The van der Waals surface area contributed by atoms with Crippen LogP contribution in [-0.2, 0) is 5.54 Å². The molecule has 0 aromatic carbocycles. The summed E-state index contributed by atoms with van der Waals surface area (Å²) >= 11 is 0. The molecule has 1 aromatic rings. The summed E-state index contributed by atoms with van der Waals surface area (Å²) in [5.41, 5.74) is 0.466. The van der Waals surface area contributed by atoms with Crippen molar-refractivity contribution in [2.24, 2.45) is 17.8 Å². The smallest absolute Gasteiger partial charge is 0.338 e. The number of carboxylic acid groups (broad SMARTS) is 1. The lowest BCUT2D eigenvalue weighted by Gasteiger charge is -2.56. The van der Waals surface area contributed by atoms with Gasteiger partial charge in [0.2, 0.25) is 0 Å². The van der Waals surface area contributed by atoms with Crippen LogP contribution in [-0.4, -0.2) is 20.9 Å². The van der Waals surface area contributed by atoms with E-state index < -0.39 is 5.97 Å². The van der Waals surface area contributed by atoms with E-state index in [1.807, 2.05) is 4.68 Å². The van der Waals surface area contributed by atoms with Gasteiger partial charge in [0.05, 0.1) is 17.3 Å². The molecule has 4 bridgehead atoms. The maximum Gasteiger partial charge on any atom is 0.338 e. The van der Waals surface area contributed by atoms with Gasteiger partial charge in [-0.15, -0.1) is 0 Å². The molecule has 1 N–H and O–H groups in total. The van der Waals surface area contributed by atoms with Gasteiger partial charge < -0.3 is 5.11 Å². The molecule has 5 rings (SSSR count). The van der Waals surface area contributed by atoms with Crippen molar-refractivity contribution in [3.05, 3.63) is 18.0 Å². The van der Waals surface area contributed by atoms with Crippen molar-refractivity contribution < 1.29 is 9.90 Å². The fourth-order valence-corrected chi connectivity index (χ4v) is 5.04. The molecule has 4 aliphatic rings. The van der Waals surface area contributed by atoms with E-state index >= 15 is 0 Å². The lowest BCUT2D eigenvalue weighted by Crippen LogP contribution is -2.52. The summed E-state index contributed by atoms with van der Waals surface area (Å²) < 4.78 is 1.99. The van der Waals surface area contributed by atoms with Crippen LogP contribution in [0.25, 0.3) is 0 Å². The van der Waals surface area contributed by atoms with Gasteiger partial charge in [0.1, 0.15) is 0 Å². The molecule has 4 heteroatoms. The van der Waals surface area contributed by atoms with E-state index in [4.69, 9.17) is 5.11 Å². The molecule has 0 atom stereocenters. The van der Waals surface area contributed by atoms with Crippen molar-refractivity contribution in [1.29, 1.82) is 0 Å². The highest BCUT2D eigenvalue weighted by Gasteiger charge is 2.52. The fourth-order valence-electron chi connectivity index (χ4n) is 5.04. The van der Waals surface area contributed by atoms with Crippen molar-refractivity contribution in [2.75, 3.05) is 0 Å². The molecular formula is C14H18N2O2. The lowest BCUT2D eigenvalue weighted by molar-refractivity contribution is -0.0494. The summed E-state index contributed by atoms with van der Waals surface area (Å²) in [6.45, 7) is 0. The Hall–Kier alpha value is -1.32. The van der Waals surface area contributed by atoms with Crippen LogP contribution in [0, 0.1) is 17.8 Å². The lowest BCUT2D eigenvalue weighted by atomic mass is 9.53. The number of nitrogens with zero attached hydrogens (tertiary/aromatic N) is 2. The summed E-state index contributed by atoms with van der Waals surface area (Å²) in [6.07, 6.45) is 11.1. The molecule has 1 aromatic heterocycles. The van der Waals surface area contributed by atoms with Gasteiger partial charge in [0.25, 0.3) is 0 Å². The average Bonchev–Trinajstić information content (AvgIpc) is 2.76. The molecule has 4 saturated carbocycles. The molecular weight excluding hydrogens is 228 g/mol. The quantitative estimate of drug-likeness (QED) is 0.872. The molecule has 96 valence electrons. The Labute approximate surface area is 106 Å². The van der Waals surface area contributed by atoms with Crippen LogP contribution in [0.4, 0.5) is 0 Å². The van der Waals surface area contributed by atoms with Gasteiger partial charge in [0, 0.05) is 6.20 Å². The van der Waals surface area contributed by atoms with Gasteiger partial charge in [-0.25, -0.2) is 4.79 Å². The first-order chi connectivity index (χ1) is 8.64. The van der Waals surface area contributed by atoms with Gasteiger partial charge in [-0.3, -0.25) is 4.68 Å². The summed E-state index contributed by atoms with van der Waals surface area (Å²) in [7, 11) is 0. The van der Waals surface area contributed by atoms with Crippen molar-refractivity contribution >= 4 is 5.97 Å². The number of hydrogen-bond donors (Lipinski definition) is 1. The van der Waals surface area contributed by atoms with Gasteiger partial charge in [-0.05, 0) is 56.3 Å². The maximum atomic E-state index is 11.0. The van der Waals surface area contributed by atoms with Crippen LogP contribution in [0.15, 0.2) is 12.4 Å². The maximum absolute atomic E-state index is 11.0. The predicted molar refractivity (Wildman–Crippen MR) is 65.3 cm³/mol. The standard InChI is InChI=1S/C14H18N2O2/c17-13(18)12-7-15-16(8-12)14-4-9-1-10(5-14)3-11(2-9)6-14/h7-11H,1-6H2,(H,17,18). The zero-order chi connectivity index (χ0) is 12.3. The molecule has 0 spiro atoms. The third-order valence-electron chi connectivity index (χ3n) is 5.32. The van der Waals surface area contributed by atoms with Crippen LogP contribution in [0.2, 0.25) is 0 Å². The Morgan fingerprint density at radius 3 is 2.22 bits per heavy atom. The van der Waals surface area contributed by atoms with Crippen LogP contribution < -0.4 is 0 Å².